The molecular formula is C88H172O17P2. The Hall–Kier alpha value is -1.94. The number of phosphoric ester groups is 2. The zero-order chi connectivity index (χ0) is 78.3. The molecule has 0 amide bonds. The summed E-state index contributed by atoms with van der Waals surface area (Å²) in [5, 5.41) is 10.7. The molecule has 0 aromatic heterocycles. The fraction of sp³-hybridized carbons (Fsp3) is 0.955. The number of aliphatic hydroxyl groups is 1. The number of hydrogen-bond acceptors (Lipinski definition) is 15. The average Bonchev–Trinajstić information content (AvgIpc) is 0.916. The molecule has 0 spiro atoms. The Balaban J connectivity index is 5.24. The first-order valence-corrected chi connectivity index (χ1v) is 48.6. The largest absolute Gasteiger partial charge is 0.472 e. The molecule has 0 saturated heterocycles. The zero-order valence-corrected chi connectivity index (χ0v) is 72.1. The summed E-state index contributed by atoms with van der Waals surface area (Å²) in [5.41, 5.74) is 0. The highest BCUT2D eigenvalue weighted by Crippen LogP contribution is 2.45. The molecule has 2 unspecified atom stereocenters. The third-order valence-corrected chi connectivity index (χ3v) is 22.7. The smallest absolute Gasteiger partial charge is 0.462 e. The van der Waals surface area contributed by atoms with Gasteiger partial charge in [-0.2, -0.15) is 0 Å². The lowest BCUT2D eigenvalue weighted by molar-refractivity contribution is -0.161. The van der Waals surface area contributed by atoms with Gasteiger partial charge in [0, 0.05) is 25.7 Å². The van der Waals surface area contributed by atoms with Crippen molar-refractivity contribution in [1.82, 2.24) is 0 Å². The molecule has 0 aliphatic carbocycles. The minimum atomic E-state index is -4.97. The molecule has 5 atom stereocenters. The molecule has 0 aromatic carbocycles. The van der Waals surface area contributed by atoms with Gasteiger partial charge in [0.2, 0.25) is 0 Å². The molecular weight excluding hydrogens is 1390 g/mol. The van der Waals surface area contributed by atoms with Crippen molar-refractivity contribution in [1.29, 1.82) is 0 Å². The Morgan fingerprint density at radius 3 is 0.636 bits per heavy atom. The van der Waals surface area contributed by atoms with Gasteiger partial charge < -0.3 is 33.8 Å². The van der Waals surface area contributed by atoms with Crippen molar-refractivity contribution in [2.45, 2.75) is 496 Å². The number of carbonyl (C=O) groups is 4. The van der Waals surface area contributed by atoms with E-state index in [-0.39, 0.29) is 25.7 Å². The van der Waals surface area contributed by atoms with Gasteiger partial charge in [0.25, 0.3) is 0 Å². The van der Waals surface area contributed by atoms with Crippen LogP contribution in [0.4, 0.5) is 0 Å². The number of rotatable bonds is 88. The standard InChI is InChI=1S/C88H172O17P2/c1-6-9-12-15-18-21-24-26-28-30-32-34-36-38-43-48-53-58-63-68-73-87(92)105-84(78-99-86(91)72-67-62-57-52-47-42-37-35-33-31-29-27-25-22-19-16-13-10-7-2)80-103-107(96,97)101-76-82(89)75-100-106(94,95)102-79-83(77-98-85(90)71-66-61-56-51-45-23-20-17-14-11-8-3)104-88(93)74-69-64-59-54-49-44-40-39-41-46-50-55-60-65-70-81(4)5/h81-84,89H,6-80H2,1-5H3,(H,94,95)(H,96,97)/t82-,83+,84+/m0/s1. The van der Waals surface area contributed by atoms with Crippen LogP contribution in [0, 0.1) is 5.92 Å². The van der Waals surface area contributed by atoms with Gasteiger partial charge >= 0.3 is 39.5 Å². The van der Waals surface area contributed by atoms with E-state index in [9.17, 15) is 43.2 Å². The molecule has 0 fully saturated rings. The van der Waals surface area contributed by atoms with Gasteiger partial charge in [0.1, 0.15) is 19.3 Å². The van der Waals surface area contributed by atoms with Crippen molar-refractivity contribution in [2.24, 2.45) is 5.92 Å². The normalized spacial score (nSPS) is 13.7. The second-order valence-electron chi connectivity index (χ2n) is 32.1. The van der Waals surface area contributed by atoms with Gasteiger partial charge in [-0.05, 0) is 31.6 Å². The molecule has 0 bridgehead atoms. The van der Waals surface area contributed by atoms with Crippen molar-refractivity contribution >= 4 is 39.5 Å². The summed E-state index contributed by atoms with van der Waals surface area (Å²) in [7, 11) is -9.93. The van der Waals surface area contributed by atoms with Gasteiger partial charge in [-0.1, -0.05) is 426 Å². The first-order valence-electron chi connectivity index (χ1n) is 45.6. The Labute approximate surface area is 658 Å². The second-order valence-corrected chi connectivity index (χ2v) is 35.0. The molecule has 0 heterocycles. The molecule has 19 heteroatoms. The molecule has 0 aliphatic rings. The quantitative estimate of drug-likeness (QED) is 0.0222. The SMILES string of the molecule is CCCCCCCCCCCCCCCCCCCCCCC(=O)O[C@H](COC(=O)CCCCCCCCCCCCCCCCCCCCC)COP(=O)(O)OC[C@@H](O)COP(=O)(O)OC[C@@H](COC(=O)CCCCCCCCCCCCC)OC(=O)CCCCCCCCCCCCCCCCC(C)C. The van der Waals surface area contributed by atoms with E-state index < -0.39 is 97.5 Å². The van der Waals surface area contributed by atoms with E-state index in [1.54, 1.807) is 0 Å². The van der Waals surface area contributed by atoms with E-state index in [1.165, 1.54) is 302 Å². The highest BCUT2D eigenvalue weighted by molar-refractivity contribution is 7.47. The summed E-state index contributed by atoms with van der Waals surface area (Å²) in [6.07, 6.45) is 75.0. The number of esters is 4. The first-order chi connectivity index (χ1) is 52.0. The maximum Gasteiger partial charge on any atom is 0.472 e. The van der Waals surface area contributed by atoms with Gasteiger partial charge in [0.15, 0.2) is 12.2 Å². The number of hydrogen-bond donors (Lipinski definition) is 3. The maximum atomic E-state index is 13.2. The molecule has 107 heavy (non-hydrogen) atoms. The topological polar surface area (TPSA) is 237 Å². The summed E-state index contributed by atoms with van der Waals surface area (Å²) in [4.78, 5) is 73.3. The predicted octanol–water partition coefficient (Wildman–Crippen LogP) is 27.2. The van der Waals surface area contributed by atoms with Gasteiger partial charge in [-0.3, -0.25) is 37.3 Å². The van der Waals surface area contributed by atoms with Crippen LogP contribution in [0.25, 0.3) is 0 Å². The lowest BCUT2D eigenvalue weighted by Crippen LogP contribution is -2.30. The Morgan fingerprint density at radius 2 is 0.430 bits per heavy atom. The van der Waals surface area contributed by atoms with Gasteiger partial charge in [-0.15, -0.1) is 0 Å². The van der Waals surface area contributed by atoms with E-state index in [1.807, 2.05) is 0 Å². The second kappa shape index (κ2) is 80.7. The van der Waals surface area contributed by atoms with Crippen LogP contribution in [0.5, 0.6) is 0 Å². The average molecular weight is 1560 g/mol. The molecule has 636 valence electrons. The van der Waals surface area contributed by atoms with Crippen molar-refractivity contribution in [2.75, 3.05) is 39.6 Å². The van der Waals surface area contributed by atoms with Crippen molar-refractivity contribution in [3.63, 3.8) is 0 Å². The lowest BCUT2D eigenvalue weighted by atomic mass is 10.0. The lowest BCUT2D eigenvalue weighted by Gasteiger charge is -2.21. The summed E-state index contributed by atoms with van der Waals surface area (Å²) in [6, 6.07) is 0. The number of aliphatic hydroxyl groups excluding tert-OH is 1. The van der Waals surface area contributed by atoms with E-state index >= 15 is 0 Å². The maximum absolute atomic E-state index is 13.2. The van der Waals surface area contributed by atoms with E-state index in [0.717, 1.165) is 95.8 Å². The minimum absolute atomic E-state index is 0.108. The van der Waals surface area contributed by atoms with Crippen LogP contribution in [-0.4, -0.2) is 96.7 Å². The first kappa shape index (κ1) is 105. The zero-order valence-electron chi connectivity index (χ0n) is 70.3. The van der Waals surface area contributed by atoms with Crippen molar-refractivity contribution < 1.29 is 80.2 Å². The van der Waals surface area contributed by atoms with Crippen LogP contribution in [0.2, 0.25) is 0 Å². The molecule has 0 aromatic rings. The van der Waals surface area contributed by atoms with Crippen LogP contribution in [0.1, 0.15) is 478 Å². The van der Waals surface area contributed by atoms with E-state index in [2.05, 4.69) is 34.6 Å². The molecule has 0 radical (unpaired) electrons. The third kappa shape index (κ3) is 81.9. The third-order valence-electron chi connectivity index (χ3n) is 20.8. The van der Waals surface area contributed by atoms with Gasteiger partial charge in [0.05, 0.1) is 26.4 Å². The number of carbonyl (C=O) groups excluding carboxylic acids is 4. The minimum Gasteiger partial charge on any atom is -0.462 e. The fourth-order valence-electron chi connectivity index (χ4n) is 13.8. The highest BCUT2D eigenvalue weighted by Gasteiger charge is 2.30. The number of ether oxygens (including phenoxy) is 4. The molecule has 0 saturated carbocycles. The van der Waals surface area contributed by atoms with Crippen LogP contribution in [0.15, 0.2) is 0 Å². The molecule has 0 aliphatic heterocycles. The summed E-state index contributed by atoms with van der Waals surface area (Å²) in [5.74, 6) is -1.30. The monoisotopic (exact) mass is 1560 g/mol. The number of phosphoric acid groups is 2. The van der Waals surface area contributed by atoms with Crippen LogP contribution in [0.3, 0.4) is 0 Å². The summed E-state index contributed by atoms with van der Waals surface area (Å²) >= 11 is 0. The van der Waals surface area contributed by atoms with E-state index in [0.29, 0.717) is 25.7 Å². The molecule has 17 nitrogen and oxygen atoms in total. The van der Waals surface area contributed by atoms with E-state index in [4.69, 9.17) is 37.0 Å². The summed E-state index contributed by atoms with van der Waals surface area (Å²) in [6.45, 7) is 7.40. The summed E-state index contributed by atoms with van der Waals surface area (Å²) < 4.78 is 69.0. The van der Waals surface area contributed by atoms with Crippen molar-refractivity contribution in [3.05, 3.63) is 0 Å². The predicted molar refractivity (Wildman–Crippen MR) is 442 cm³/mol. The van der Waals surface area contributed by atoms with Crippen LogP contribution < -0.4 is 0 Å². The Kier molecular flexibility index (Phi) is 79.2. The Bertz CT molecular complexity index is 2030. The Morgan fingerprint density at radius 1 is 0.252 bits per heavy atom. The van der Waals surface area contributed by atoms with Crippen molar-refractivity contribution in [3.8, 4) is 0 Å². The van der Waals surface area contributed by atoms with Gasteiger partial charge in [-0.25, -0.2) is 9.13 Å². The highest BCUT2D eigenvalue weighted by atomic mass is 31.2. The molecule has 0 rings (SSSR count). The van der Waals surface area contributed by atoms with Crippen LogP contribution >= 0.6 is 15.6 Å². The molecule has 3 N–H and O–H groups in total. The fourth-order valence-corrected chi connectivity index (χ4v) is 15.4. The number of unbranched alkanes of at least 4 members (excludes halogenated alkanes) is 60. The van der Waals surface area contributed by atoms with Crippen LogP contribution in [-0.2, 0) is 65.4 Å².